The van der Waals surface area contributed by atoms with Crippen molar-refractivity contribution in [1.29, 1.82) is 0 Å². The molecule has 17 nitrogen and oxygen atoms in total. The lowest BCUT2D eigenvalue weighted by atomic mass is 10.0. The van der Waals surface area contributed by atoms with E-state index in [0.717, 1.165) is 108 Å². The molecule has 0 aliphatic heterocycles. The molecule has 0 rings (SSSR count). The van der Waals surface area contributed by atoms with E-state index in [9.17, 15) is 43.2 Å². The van der Waals surface area contributed by atoms with Gasteiger partial charge in [-0.05, 0) is 37.5 Å². The second kappa shape index (κ2) is 57.5. The summed E-state index contributed by atoms with van der Waals surface area (Å²) in [6, 6.07) is 0. The minimum atomic E-state index is -4.94. The summed E-state index contributed by atoms with van der Waals surface area (Å²) in [6.07, 6.45) is 40.6. The molecular formula is C65H126O17P2. The van der Waals surface area contributed by atoms with E-state index in [2.05, 4.69) is 41.5 Å². The average Bonchev–Trinajstić information content (AvgIpc) is 3.55. The molecule has 0 amide bonds. The maximum Gasteiger partial charge on any atom is 0.472 e. The lowest BCUT2D eigenvalue weighted by Gasteiger charge is -2.21. The Morgan fingerprint density at radius 1 is 0.321 bits per heavy atom. The molecule has 3 N–H and O–H groups in total. The standard InChI is InChI=1S/C65H126O17P2/c1-7-9-11-13-14-15-16-17-20-25-30-36-42-48-63(68)76-54-61(82-64(69)49-43-37-31-26-21-18-19-23-28-34-39-45-57(3)4)56-80-84(73,74)78-52-59(66)51-77-83(71,72)79-55-60(53-75-62(67)47-41-33-12-10-8-2)81-65(70)50-44-38-32-27-22-24-29-35-40-46-58(5)6/h57-61,66H,7-56H2,1-6H3,(H,71,72)(H,73,74)/t59-,60+,61+/m0/s1. The molecule has 0 saturated carbocycles. The lowest BCUT2D eigenvalue weighted by molar-refractivity contribution is -0.161. The summed E-state index contributed by atoms with van der Waals surface area (Å²) in [4.78, 5) is 72.1. The number of phosphoric acid groups is 2. The Hall–Kier alpha value is -1.94. The summed E-state index contributed by atoms with van der Waals surface area (Å²) in [7, 11) is -9.88. The third-order valence-corrected chi connectivity index (χ3v) is 16.9. The smallest absolute Gasteiger partial charge is 0.462 e. The zero-order valence-corrected chi connectivity index (χ0v) is 56.0. The number of hydrogen-bond acceptors (Lipinski definition) is 15. The molecule has 0 saturated heterocycles. The third kappa shape index (κ3) is 59.0. The molecule has 84 heavy (non-hydrogen) atoms. The molecule has 0 aliphatic carbocycles. The van der Waals surface area contributed by atoms with Gasteiger partial charge in [0.1, 0.15) is 19.3 Å². The highest BCUT2D eigenvalue weighted by Gasteiger charge is 2.30. The second-order valence-corrected chi connectivity index (χ2v) is 27.4. The van der Waals surface area contributed by atoms with Gasteiger partial charge >= 0.3 is 39.5 Å². The zero-order valence-electron chi connectivity index (χ0n) is 54.2. The third-order valence-electron chi connectivity index (χ3n) is 15.0. The van der Waals surface area contributed by atoms with Crippen LogP contribution in [0, 0.1) is 11.8 Å². The van der Waals surface area contributed by atoms with E-state index >= 15 is 0 Å². The molecule has 0 aromatic heterocycles. The van der Waals surface area contributed by atoms with Crippen molar-refractivity contribution in [3.05, 3.63) is 0 Å². The maximum atomic E-state index is 13.0. The number of hydrogen-bond donors (Lipinski definition) is 3. The van der Waals surface area contributed by atoms with E-state index in [-0.39, 0.29) is 25.7 Å². The summed E-state index contributed by atoms with van der Waals surface area (Å²) in [5.74, 6) is -0.640. The van der Waals surface area contributed by atoms with Crippen molar-refractivity contribution in [2.24, 2.45) is 11.8 Å². The van der Waals surface area contributed by atoms with E-state index in [4.69, 9.17) is 37.0 Å². The fourth-order valence-corrected chi connectivity index (χ4v) is 11.3. The molecule has 5 atom stereocenters. The van der Waals surface area contributed by atoms with Crippen molar-refractivity contribution < 1.29 is 80.2 Å². The first-order valence-electron chi connectivity index (χ1n) is 34.0. The van der Waals surface area contributed by atoms with Gasteiger partial charge in [-0.1, -0.05) is 273 Å². The van der Waals surface area contributed by atoms with Crippen molar-refractivity contribution in [3.63, 3.8) is 0 Å². The SMILES string of the molecule is CCCCCCCCCCCCCCCC(=O)OC[C@H](COP(=O)(O)OC[C@@H](O)COP(=O)(O)OC[C@@H](COC(=O)CCCCCCC)OC(=O)CCCCCCCCCCCC(C)C)OC(=O)CCCCCCCCCCCCCC(C)C. The Balaban J connectivity index is 5.18. The Bertz CT molecular complexity index is 1650. The van der Waals surface area contributed by atoms with Crippen LogP contribution in [0.4, 0.5) is 0 Å². The van der Waals surface area contributed by atoms with Gasteiger partial charge in [0, 0.05) is 25.7 Å². The van der Waals surface area contributed by atoms with Crippen LogP contribution >= 0.6 is 15.6 Å². The van der Waals surface area contributed by atoms with E-state index in [1.807, 2.05) is 0 Å². The highest BCUT2D eigenvalue weighted by molar-refractivity contribution is 7.47. The Kier molecular flexibility index (Phi) is 56.2. The molecule has 498 valence electrons. The number of aliphatic hydroxyl groups is 1. The number of phosphoric ester groups is 2. The molecule has 2 unspecified atom stereocenters. The molecule has 19 heteroatoms. The first-order valence-corrected chi connectivity index (χ1v) is 37.0. The number of ether oxygens (including phenoxy) is 4. The van der Waals surface area contributed by atoms with Gasteiger partial charge in [-0.25, -0.2) is 9.13 Å². The zero-order chi connectivity index (χ0) is 62.2. The molecule has 0 fully saturated rings. The van der Waals surface area contributed by atoms with Crippen molar-refractivity contribution in [3.8, 4) is 0 Å². The van der Waals surface area contributed by atoms with Gasteiger partial charge in [-0.3, -0.25) is 37.3 Å². The molecule has 0 spiro atoms. The van der Waals surface area contributed by atoms with Crippen molar-refractivity contribution >= 4 is 39.5 Å². The van der Waals surface area contributed by atoms with Crippen LogP contribution in [-0.2, 0) is 65.4 Å². The van der Waals surface area contributed by atoms with Crippen LogP contribution in [-0.4, -0.2) is 96.7 Å². The average molecular weight is 1240 g/mol. The minimum Gasteiger partial charge on any atom is -0.462 e. The molecule has 0 aromatic rings. The number of rotatable bonds is 64. The van der Waals surface area contributed by atoms with Crippen LogP contribution in [0.3, 0.4) is 0 Å². The molecule has 0 bridgehead atoms. The topological polar surface area (TPSA) is 237 Å². The lowest BCUT2D eigenvalue weighted by Crippen LogP contribution is -2.30. The van der Waals surface area contributed by atoms with Crippen molar-refractivity contribution in [1.82, 2.24) is 0 Å². The number of esters is 4. The van der Waals surface area contributed by atoms with Crippen LogP contribution in [0.5, 0.6) is 0 Å². The summed E-state index contributed by atoms with van der Waals surface area (Å²) >= 11 is 0. The summed E-state index contributed by atoms with van der Waals surface area (Å²) in [5.41, 5.74) is 0. The Morgan fingerprint density at radius 2 is 0.548 bits per heavy atom. The van der Waals surface area contributed by atoms with Gasteiger partial charge in [0.2, 0.25) is 0 Å². The highest BCUT2D eigenvalue weighted by atomic mass is 31.2. The number of carbonyl (C=O) groups excluding carboxylic acids is 4. The minimum absolute atomic E-state index is 0.104. The molecule has 0 aliphatic rings. The van der Waals surface area contributed by atoms with Gasteiger partial charge in [0.15, 0.2) is 12.2 Å². The Morgan fingerprint density at radius 3 is 0.810 bits per heavy atom. The summed E-state index contributed by atoms with van der Waals surface area (Å²) in [5, 5.41) is 10.5. The van der Waals surface area contributed by atoms with Gasteiger partial charge < -0.3 is 33.8 Å². The number of aliphatic hydroxyl groups excluding tert-OH is 1. The van der Waals surface area contributed by atoms with Gasteiger partial charge in [0.25, 0.3) is 0 Å². The van der Waals surface area contributed by atoms with Crippen LogP contribution in [0.25, 0.3) is 0 Å². The fourth-order valence-electron chi connectivity index (χ4n) is 9.71. The molecule has 0 heterocycles. The largest absolute Gasteiger partial charge is 0.472 e. The first kappa shape index (κ1) is 82.1. The van der Waals surface area contributed by atoms with E-state index in [0.29, 0.717) is 25.7 Å². The fraction of sp³-hybridized carbons (Fsp3) is 0.938. The second-order valence-electron chi connectivity index (χ2n) is 24.5. The van der Waals surface area contributed by atoms with Gasteiger partial charge in [-0.2, -0.15) is 0 Å². The van der Waals surface area contributed by atoms with Crippen molar-refractivity contribution in [2.45, 2.75) is 342 Å². The first-order chi connectivity index (χ1) is 40.4. The quantitative estimate of drug-likeness (QED) is 0.0222. The van der Waals surface area contributed by atoms with Crippen LogP contribution < -0.4 is 0 Å². The van der Waals surface area contributed by atoms with Gasteiger partial charge in [-0.15, -0.1) is 0 Å². The van der Waals surface area contributed by atoms with Gasteiger partial charge in [0.05, 0.1) is 26.4 Å². The van der Waals surface area contributed by atoms with Crippen LogP contribution in [0.15, 0.2) is 0 Å². The molecule has 0 radical (unpaired) electrons. The predicted octanol–water partition coefficient (Wildman–Crippen LogP) is 18.0. The maximum absolute atomic E-state index is 13.0. The monoisotopic (exact) mass is 1240 g/mol. The highest BCUT2D eigenvalue weighted by Crippen LogP contribution is 2.45. The Labute approximate surface area is 511 Å². The molecular weight excluding hydrogens is 1110 g/mol. The number of unbranched alkanes of at least 4 members (excludes halogenated alkanes) is 34. The van der Waals surface area contributed by atoms with Crippen LogP contribution in [0.2, 0.25) is 0 Å². The van der Waals surface area contributed by atoms with E-state index in [1.165, 1.54) is 135 Å². The predicted molar refractivity (Wildman–Crippen MR) is 335 cm³/mol. The normalized spacial score (nSPS) is 14.3. The number of carbonyl (C=O) groups is 4. The van der Waals surface area contributed by atoms with Crippen molar-refractivity contribution in [2.75, 3.05) is 39.6 Å². The summed E-state index contributed by atoms with van der Waals surface area (Å²) in [6.45, 7) is 9.40. The van der Waals surface area contributed by atoms with E-state index in [1.54, 1.807) is 0 Å². The summed E-state index contributed by atoms with van der Waals surface area (Å²) < 4.78 is 67.9. The van der Waals surface area contributed by atoms with Crippen LogP contribution in [0.1, 0.15) is 324 Å². The molecule has 0 aromatic carbocycles. The van der Waals surface area contributed by atoms with E-state index < -0.39 is 97.5 Å².